The van der Waals surface area contributed by atoms with E-state index in [0.29, 0.717) is 0 Å². The van der Waals surface area contributed by atoms with Crippen molar-refractivity contribution in [3.63, 3.8) is 0 Å². The molecule has 0 atom stereocenters. The van der Waals surface area contributed by atoms with Crippen LogP contribution in [0.3, 0.4) is 0 Å². The number of rotatable bonds is 3. The fourth-order valence-corrected chi connectivity index (χ4v) is 2.39. The third-order valence-electron chi connectivity index (χ3n) is 2.67. The van der Waals surface area contributed by atoms with Gasteiger partial charge in [0.05, 0.1) is 0 Å². The Hall–Kier alpha value is -1.55. The van der Waals surface area contributed by atoms with Gasteiger partial charge in [-0.2, -0.15) is 0 Å². The van der Waals surface area contributed by atoms with Crippen LogP contribution in [0.1, 0.15) is 5.56 Å². The maximum absolute atomic E-state index is 12.8. The van der Waals surface area contributed by atoms with E-state index in [-0.39, 0.29) is 5.82 Å². The standard InChI is InChI=1S/C14H14BrFN2/c1-18(14-4-2-12(16)3-5-14)9-10-6-11(15)8-13(17)7-10/h2-8H,9,17H2,1H3. The number of hydrogen-bond acceptors (Lipinski definition) is 2. The molecule has 2 aromatic rings. The Labute approximate surface area is 114 Å². The Bertz CT molecular complexity index is 520. The van der Waals surface area contributed by atoms with Crippen molar-refractivity contribution >= 4 is 27.3 Å². The summed E-state index contributed by atoms with van der Waals surface area (Å²) < 4.78 is 13.8. The monoisotopic (exact) mass is 308 g/mol. The summed E-state index contributed by atoms with van der Waals surface area (Å²) in [5.41, 5.74) is 8.60. The summed E-state index contributed by atoms with van der Waals surface area (Å²) >= 11 is 3.42. The molecule has 0 aliphatic rings. The van der Waals surface area contributed by atoms with Gasteiger partial charge in [0.25, 0.3) is 0 Å². The molecule has 0 saturated heterocycles. The van der Waals surface area contributed by atoms with E-state index in [1.165, 1.54) is 12.1 Å². The molecular formula is C14H14BrFN2. The zero-order chi connectivity index (χ0) is 13.1. The molecule has 18 heavy (non-hydrogen) atoms. The molecule has 0 fully saturated rings. The zero-order valence-corrected chi connectivity index (χ0v) is 11.6. The summed E-state index contributed by atoms with van der Waals surface area (Å²) in [5, 5.41) is 0. The number of nitrogens with two attached hydrogens (primary N) is 1. The van der Waals surface area contributed by atoms with Gasteiger partial charge in [0, 0.05) is 29.4 Å². The van der Waals surface area contributed by atoms with Gasteiger partial charge >= 0.3 is 0 Å². The van der Waals surface area contributed by atoms with Crippen LogP contribution in [0.4, 0.5) is 15.8 Å². The van der Waals surface area contributed by atoms with Gasteiger partial charge in [-0.25, -0.2) is 4.39 Å². The smallest absolute Gasteiger partial charge is 0.123 e. The first kappa shape index (κ1) is 12.9. The van der Waals surface area contributed by atoms with E-state index in [1.54, 1.807) is 12.1 Å². The van der Waals surface area contributed by atoms with E-state index in [9.17, 15) is 4.39 Å². The minimum Gasteiger partial charge on any atom is -0.399 e. The summed E-state index contributed by atoms with van der Waals surface area (Å²) in [6, 6.07) is 12.3. The maximum atomic E-state index is 12.8. The molecule has 0 heterocycles. The van der Waals surface area contributed by atoms with Crippen LogP contribution in [0.25, 0.3) is 0 Å². The van der Waals surface area contributed by atoms with Crippen molar-refractivity contribution in [2.75, 3.05) is 17.7 Å². The molecule has 94 valence electrons. The van der Waals surface area contributed by atoms with Crippen LogP contribution >= 0.6 is 15.9 Å². The summed E-state index contributed by atoms with van der Waals surface area (Å²) in [6.07, 6.45) is 0. The first-order valence-corrected chi connectivity index (χ1v) is 6.35. The van der Waals surface area contributed by atoms with Gasteiger partial charge in [-0.15, -0.1) is 0 Å². The fourth-order valence-electron chi connectivity index (χ4n) is 1.83. The van der Waals surface area contributed by atoms with Crippen LogP contribution in [0, 0.1) is 5.82 Å². The fraction of sp³-hybridized carbons (Fsp3) is 0.143. The Morgan fingerprint density at radius 1 is 1.17 bits per heavy atom. The predicted molar refractivity (Wildman–Crippen MR) is 77.1 cm³/mol. The average Bonchev–Trinajstić information content (AvgIpc) is 2.28. The van der Waals surface area contributed by atoms with Crippen LogP contribution in [0.5, 0.6) is 0 Å². The minimum absolute atomic E-state index is 0.223. The lowest BCUT2D eigenvalue weighted by Gasteiger charge is -2.19. The third kappa shape index (κ3) is 3.23. The van der Waals surface area contributed by atoms with E-state index < -0.39 is 0 Å². The number of benzene rings is 2. The highest BCUT2D eigenvalue weighted by Crippen LogP contribution is 2.21. The van der Waals surface area contributed by atoms with E-state index in [1.807, 2.05) is 30.1 Å². The molecule has 0 amide bonds. The van der Waals surface area contributed by atoms with E-state index in [0.717, 1.165) is 28.0 Å². The first-order chi connectivity index (χ1) is 8.54. The highest BCUT2D eigenvalue weighted by molar-refractivity contribution is 9.10. The van der Waals surface area contributed by atoms with Gasteiger partial charge in [-0.3, -0.25) is 0 Å². The van der Waals surface area contributed by atoms with Gasteiger partial charge in [-0.05, 0) is 48.0 Å². The number of hydrogen-bond donors (Lipinski definition) is 1. The van der Waals surface area contributed by atoms with E-state index >= 15 is 0 Å². The largest absolute Gasteiger partial charge is 0.399 e. The lowest BCUT2D eigenvalue weighted by Crippen LogP contribution is -2.16. The second-order valence-corrected chi connectivity index (χ2v) is 5.14. The average molecular weight is 309 g/mol. The Morgan fingerprint density at radius 2 is 1.83 bits per heavy atom. The van der Waals surface area contributed by atoms with Crippen LogP contribution in [0.15, 0.2) is 46.9 Å². The molecule has 0 saturated carbocycles. The molecule has 0 aromatic heterocycles. The van der Waals surface area contributed by atoms with Crippen LogP contribution < -0.4 is 10.6 Å². The number of nitrogen functional groups attached to an aromatic ring is 1. The van der Waals surface area contributed by atoms with Gasteiger partial charge in [-0.1, -0.05) is 15.9 Å². The van der Waals surface area contributed by atoms with Crippen molar-refractivity contribution in [1.82, 2.24) is 0 Å². The highest BCUT2D eigenvalue weighted by atomic mass is 79.9. The zero-order valence-electron chi connectivity index (χ0n) is 10.0. The van der Waals surface area contributed by atoms with Gasteiger partial charge in [0.15, 0.2) is 0 Å². The molecule has 2 N–H and O–H groups in total. The van der Waals surface area contributed by atoms with Crippen LogP contribution in [-0.2, 0) is 6.54 Å². The van der Waals surface area contributed by atoms with Crippen molar-refractivity contribution in [3.8, 4) is 0 Å². The molecule has 4 heteroatoms. The summed E-state index contributed by atoms with van der Waals surface area (Å²) in [6.45, 7) is 0.718. The van der Waals surface area contributed by atoms with Gasteiger partial charge < -0.3 is 10.6 Å². The van der Waals surface area contributed by atoms with Crippen molar-refractivity contribution < 1.29 is 4.39 Å². The lowest BCUT2D eigenvalue weighted by molar-refractivity contribution is 0.627. The van der Waals surface area contributed by atoms with Crippen LogP contribution in [-0.4, -0.2) is 7.05 Å². The third-order valence-corrected chi connectivity index (χ3v) is 3.12. The number of nitrogens with zero attached hydrogens (tertiary/aromatic N) is 1. The molecule has 0 radical (unpaired) electrons. The quantitative estimate of drug-likeness (QED) is 0.874. The second kappa shape index (κ2) is 5.40. The molecule has 2 nitrogen and oxygen atoms in total. The van der Waals surface area contributed by atoms with E-state index in [4.69, 9.17) is 5.73 Å². The SMILES string of the molecule is CN(Cc1cc(N)cc(Br)c1)c1ccc(F)cc1. The van der Waals surface area contributed by atoms with Crippen molar-refractivity contribution in [1.29, 1.82) is 0 Å². The Kier molecular flexibility index (Phi) is 3.87. The van der Waals surface area contributed by atoms with Gasteiger partial charge in [0.1, 0.15) is 5.82 Å². The topological polar surface area (TPSA) is 29.3 Å². The summed E-state index contributed by atoms with van der Waals surface area (Å²) in [5.74, 6) is -0.223. The second-order valence-electron chi connectivity index (χ2n) is 4.23. The van der Waals surface area contributed by atoms with Gasteiger partial charge in [0.2, 0.25) is 0 Å². The molecular weight excluding hydrogens is 295 g/mol. The lowest BCUT2D eigenvalue weighted by atomic mass is 10.2. The summed E-state index contributed by atoms with van der Waals surface area (Å²) in [7, 11) is 1.96. The van der Waals surface area contributed by atoms with Crippen molar-refractivity contribution in [2.24, 2.45) is 0 Å². The van der Waals surface area contributed by atoms with Crippen molar-refractivity contribution in [2.45, 2.75) is 6.54 Å². The van der Waals surface area contributed by atoms with Crippen molar-refractivity contribution in [3.05, 3.63) is 58.3 Å². The molecule has 0 unspecified atom stereocenters. The normalized spacial score (nSPS) is 10.4. The Balaban J connectivity index is 2.15. The minimum atomic E-state index is -0.223. The van der Waals surface area contributed by atoms with Crippen LogP contribution in [0.2, 0.25) is 0 Å². The first-order valence-electron chi connectivity index (χ1n) is 5.56. The molecule has 0 bridgehead atoms. The van der Waals surface area contributed by atoms with E-state index in [2.05, 4.69) is 15.9 Å². The molecule has 0 spiro atoms. The number of anilines is 2. The summed E-state index contributed by atoms with van der Waals surface area (Å²) in [4.78, 5) is 2.04. The highest BCUT2D eigenvalue weighted by Gasteiger charge is 2.04. The Morgan fingerprint density at radius 3 is 2.44 bits per heavy atom. The molecule has 0 aliphatic carbocycles. The molecule has 2 aromatic carbocycles. The number of halogens is 2. The molecule has 0 aliphatic heterocycles. The maximum Gasteiger partial charge on any atom is 0.123 e. The predicted octanol–water partition coefficient (Wildman–Crippen LogP) is 3.81. The molecule has 2 rings (SSSR count).